The molecule has 0 radical (unpaired) electrons. The van der Waals surface area contributed by atoms with Crippen LogP contribution < -0.4 is 4.72 Å². The third-order valence-corrected chi connectivity index (χ3v) is 5.50. The van der Waals surface area contributed by atoms with Gasteiger partial charge in [-0.15, -0.1) is 0 Å². The molecule has 104 valence electrons. The maximum absolute atomic E-state index is 12.2. The van der Waals surface area contributed by atoms with E-state index in [0.717, 1.165) is 6.42 Å². The molecule has 4 nitrogen and oxygen atoms in total. The van der Waals surface area contributed by atoms with E-state index in [1.54, 1.807) is 30.8 Å². The van der Waals surface area contributed by atoms with Crippen molar-refractivity contribution in [2.45, 2.75) is 30.4 Å². The largest absolute Gasteiger partial charge is 0.240 e. The van der Waals surface area contributed by atoms with E-state index in [1.165, 1.54) is 6.07 Å². The molecule has 0 bridgehead atoms. The first-order chi connectivity index (χ1) is 8.90. The van der Waals surface area contributed by atoms with Crippen molar-refractivity contribution in [1.82, 2.24) is 4.72 Å². The monoisotopic (exact) mass is 298 g/mol. The Morgan fingerprint density at radius 3 is 2.74 bits per heavy atom. The van der Waals surface area contributed by atoms with Crippen LogP contribution in [0.15, 0.2) is 23.1 Å². The molecule has 0 spiro atoms. The fourth-order valence-electron chi connectivity index (χ4n) is 1.55. The number of sulfonamides is 1. The van der Waals surface area contributed by atoms with E-state index in [0.29, 0.717) is 22.9 Å². The summed E-state index contributed by atoms with van der Waals surface area (Å²) in [4.78, 5) is 0.184. The first-order valence-electron chi connectivity index (χ1n) is 5.94. The van der Waals surface area contributed by atoms with Gasteiger partial charge < -0.3 is 0 Å². The average molecular weight is 298 g/mol. The number of hydrogen-bond donors (Lipinski definition) is 1. The molecule has 0 saturated carbocycles. The summed E-state index contributed by atoms with van der Waals surface area (Å²) in [5.41, 5.74) is 0.993. The van der Waals surface area contributed by atoms with Gasteiger partial charge in [0.15, 0.2) is 0 Å². The van der Waals surface area contributed by atoms with Crippen LogP contribution in [0.5, 0.6) is 0 Å². The minimum atomic E-state index is -3.54. The van der Waals surface area contributed by atoms with Crippen LogP contribution in [-0.4, -0.2) is 26.5 Å². The number of rotatable bonds is 6. The summed E-state index contributed by atoms with van der Waals surface area (Å²) in [6, 6.07) is 6.63. The van der Waals surface area contributed by atoms with E-state index in [-0.39, 0.29) is 4.90 Å². The van der Waals surface area contributed by atoms with Crippen LogP contribution in [0.4, 0.5) is 0 Å². The van der Waals surface area contributed by atoms with Crippen molar-refractivity contribution in [1.29, 1.82) is 5.26 Å². The Morgan fingerprint density at radius 2 is 2.16 bits per heavy atom. The molecule has 1 atom stereocenters. The highest BCUT2D eigenvalue weighted by atomic mass is 32.2. The Morgan fingerprint density at radius 1 is 1.47 bits per heavy atom. The Kier molecular flexibility index (Phi) is 5.85. The van der Waals surface area contributed by atoms with Gasteiger partial charge in [0.2, 0.25) is 10.0 Å². The van der Waals surface area contributed by atoms with Gasteiger partial charge in [-0.1, -0.05) is 13.0 Å². The molecule has 1 rings (SSSR count). The number of benzene rings is 1. The summed E-state index contributed by atoms with van der Waals surface area (Å²) in [5, 5.41) is 9.24. The molecule has 0 saturated heterocycles. The zero-order valence-corrected chi connectivity index (χ0v) is 12.9. The maximum Gasteiger partial charge on any atom is 0.240 e. The highest BCUT2D eigenvalue weighted by molar-refractivity contribution is 7.99. The zero-order valence-electron chi connectivity index (χ0n) is 11.3. The molecule has 0 aliphatic heterocycles. The molecule has 0 fully saturated rings. The van der Waals surface area contributed by atoms with Gasteiger partial charge in [-0.3, -0.25) is 0 Å². The van der Waals surface area contributed by atoms with Crippen LogP contribution in [0.1, 0.15) is 24.5 Å². The van der Waals surface area contributed by atoms with Crippen molar-refractivity contribution in [2.24, 2.45) is 0 Å². The van der Waals surface area contributed by atoms with E-state index in [1.807, 2.05) is 12.3 Å². The predicted molar refractivity (Wildman–Crippen MR) is 78.7 cm³/mol. The summed E-state index contributed by atoms with van der Waals surface area (Å²) in [6.07, 6.45) is 2.77. The van der Waals surface area contributed by atoms with Crippen LogP contribution >= 0.6 is 11.8 Å². The van der Waals surface area contributed by atoms with Gasteiger partial charge in [-0.05, 0) is 37.3 Å². The molecule has 6 heteroatoms. The smallest absolute Gasteiger partial charge is 0.211 e. The predicted octanol–water partition coefficient (Wildman–Crippen LogP) is 2.29. The van der Waals surface area contributed by atoms with Gasteiger partial charge in [-0.25, -0.2) is 13.1 Å². The normalized spacial score (nSPS) is 12.9. The van der Waals surface area contributed by atoms with Crippen molar-refractivity contribution < 1.29 is 8.42 Å². The van der Waals surface area contributed by atoms with Crippen LogP contribution in [0.3, 0.4) is 0 Å². The van der Waals surface area contributed by atoms with E-state index >= 15 is 0 Å². The van der Waals surface area contributed by atoms with Gasteiger partial charge >= 0.3 is 0 Å². The molecule has 1 aromatic rings. The van der Waals surface area contributed by atoms with E-state index in [9.17, 15) is 8.42 Å². The first-order valence-corrected chi connectivity index (χ1v) is 8.71. The molecule has 1 aromatic carbocycles. The average Bonchev–Trinajstić information content (AvgIpc) is 2.38. The molecule has 0 aliphatic rings. The summed E-state index contributed by atoms with van der Waals surface area (Å²) in [5.74, 6) is 0. The number of aryl methyl sites for hydroxylation is 1. The molecule has 0 aliphatic carbocycles. The molecule has 19 heavy (non-hydrogen) atoms. The summed E-state index contributed by atoms with van der Waals surface area (Å²) >= 11 is 1.70. The van der Waals surface area contributed by atoms with Gasteiger partial charge in [-0.2, -0.15) is 17.0 Å². The lowest BCUT2D eigenvalue weighted by Gasteiger charge is -2.11. The van der Waals surface area contributed by atoms with Gasteiger partial charge in [0.25, 0.3) is 0 Å². The first kappa shape index (κ1) is 16.0. The number of nitrogens with zero attached hydrogens (tertiary/aromatic N) is 1. The van der Waals surface area contributed by atoms with Crippen LogP contribution in [0.25, 0.3) is 0 Å². The van der Waals surface area contributed by atoms with E-state index in [2.05, 4.69) is 11.6 Å². The van der Waals surface area contributed by atoms with Crippen molar-refractivity contribution in [3.8, 4) is 6.07 Å². The number of thioether (sulfide) groups is 1. The lowest BCUT2D eigenvalue weighted by molar-refractivity contribution is 0.578. The second-order valence-electron chi connectivity index (χ2n) is 4.32. The van der Waals surface area contributed by atoms with Crippen LogP contribution in [-0.2, 0) is 10.0 Å². The highest BCUT2D eigenvalue weighted by Gasteiger charge is 2.17. The van der Waals surface area contributed by atoms with Crippen molar-refractivity contribution in [2.75, 3.05) is 12.8 Å². The standard InChI is InChI=1S/C13H18N2O2S2/c1-10-4-5-12(9-14)8-13(10)19(16,17)15-7-6-11(2)18-3/h4-5,8,11,15H,6-7H2,1-3H3. The summed E-state index contributed by atoms with van der Waals surface area (Å²) < 4.78 is 26.9. The number of hydrogen-bond acceptors (Lipinski definition) is 4. The molecule has 0 aromatic heterocycles. The molecule has 1 N–H and O–H groups in total. The third kappa shape index (κ3) is 4.53. The third-order valence-electron chi connectivity index (χ3n) is 2.85. The Labute approximate surface area is 119 Å². The Bertz CT molecular complexity index is 577. The molecular weight excluding hydrogens is 280 g/mol. The molecule has 0 amide bonds. The van der Waals surface area contributed by atoms with Crippen molar-refractivity contribution in [3.05, 3.63) is 29.3 Å². The fraction of sp³-hybridized carbons (Fsp3) is 0.462. The van der Waals surface area contributed by atoms with Crippen LogP contribution in [0.2, 0.25) is 0 Å². The van der Waals surface area contributed by atoms with Crippen molar-refractivity contribution in [3.63, 3.8) is 0 Å². The Balaban J connectivity index is 2.86. The lowest BCUT2D eigenvalue weighted by atomic mass is 10.2. The zero-order chi connectivity index (χ0) is 14.5. The minimum Gasteiger partial charge on any atom is -0.211 e. The number of nitrogens with one attached hydrogen (secondary N) is 1. The highest BCUT2D eigenvalue weighted by Crippen LogP contribution is 2.17. The fourth-order valence-corrected chi connectivity index (χ4v) is 3.22. The van der Waals surface area contributed by atoms with E-state index < -0.39 is 10.0 Å². The summed E-state index contributed by atoms with van der Waals surface area (Å²) in [7, 11) is -3.54. The topological polar surface area (TPSA) is 70.0 Å². The molecular formula is C13H18N2O2S2. The van der Waals surface area contributed by atoms with Gasteiger partial charge in [0.1, 0.15) is 0 Å². The quantitative estimate of drug-likeness (QED) is 0.874. The lowest BCUT2D eigenvalue weighted by Crippen LogP contribution is -2.27. The molecule has 0 heterocycles. The van der Waals surface area contributed by atoms with Gasteiger partial charge in [0.05, 0.1) is 16.5 Å². The second kappa shape index (κ2) is 6.94. The molecule has 1 unspecified atom stereocenters. The maximum atomic E-state index is 12.2. The minimum absolute atomic E-state index is 0.184. The Hall–Kier alpha value is -1.03. The van der Waals surface area contributed by atoms with Crippen molar-refractivity contribution >= 4 is 21.8 Å². The second-order valence-corrected chi connectivity index (χ2v) is 7.34. The number of nitriles is 1. The van der Waals surface area contributed by atoms with E-state index in [4.69, 9.17) is 5.26 Å². The summed E-state index contributed by atoms with van der Waals surface area (Å²) in [6.45, 7) is 4.18. The van der Waals surface area contributed by atoms with Crippen LogP contribution in [0, 0.1) is 18.3 Å². The SMILES string of the molecule is CSC(C)CCNS(=O)(=O)c1cc(C#N)ccc1C. The van der Waals surface area contributed by atoms with Gasteiger partial charge in [0, 0.05) is 11.8 Å².